The smallest absolute Gasteiger partial charge is 0.334 e. The minimum Gasteiger partial charge on any atom is -0.334 e. The van der Waals surface area contributed by atoms with E-state index in [-0.39, 0.29) is 6.04 Å². The standard InChI is InChI=1S/C18H24N4O3/c1-2-18(13-9-5-3-6-10-13)15(23)22(17(25)20-18)21-16(24)19-14-11-7-4-8-12-14/h3,5-6,9-10,14H,2,4,7-8,11-12H2,1H3,(H,20,25)(H2,19,21,24). The molecule has 25 heavy (non-hydrogen) atoms. The number of hydrogen-bond donors (Lipinski definition) is 3. The molecule has 7 nitrogen and oxygen atoms in total. The largest absolute Gasteiger partial charge is 0.344 e. The van der Waals surface area contributed by atoms with Crippen molar-refractivity contribution in [3.05, 3.63) is 35.9 Å². The van der Waals surface area contributed by atoms with Gasteiger partial charge in [0, 0.05) is 6.04 Å². The Morgan fingerprint density at radius 2 is 1.88 bits per heavy atom. The van der Waals surface area contributed by atoms with Crippen LogP contribution in [0, 0.1) is 0 Å². The molecule has 1 saturated carbocycles. The number of amides is 5. The highest BCUT2D eigenvalue weighted by molar-refractivity contribution is 6.08. The molecule has 7 heteroatoms. The Labute approximate surface area is 147 Å². The molecule has 0 aromatic heterocycles. The number of urea groups is 2. The van der Waals surface area contributed by atoms with Crippen LogP contribution in [-0.4, -0.2) is 29.0 Å². The Morgan fingerprint density at radius 1 is 1.20 bits per heavy atom. The van der Waals surface area contributed by atoms with E-state index in [2.05, 4.69) is 16.1 Å². The molecule has 0 spiro atoms. The number of nitrogens with zero attached hydrogens (tertiary/aromatic N) is 1. The first-order valence-corrected chi connectivity index (χ1v) is 8.86. The lowest BCUT2D eigenvalue weighted by Gasteiger charge is -2.26. The van der Waals surface area contributed by atoms with Crippen molar-refractivity contribution in [2.75, 3.05) is 0 Å². The molecule has 1 aliphatic carbocycles. The monoisotopic (exact) mass is 344 g/mol. The summed E-state index contributed by atoms with van der Waals surface area (Å²) in [5.74, 6) is -0.468. The maximum Gasteiger partial charge on any atom is 0.344 e. The summed E-state index contributed by atoms with van der Waals surface area (Å²) in [6.45, 7) is 1.83. The van der Waals surface area contributed by atoms with Gasteiger partial charge in [-0.3, -0.25) is 4.79 Å². The first kappa shape index (κ1) is 17.3. The van der Waals surface area contributed by atoms with Gasteiger partial charge in [-0.15, -0.1) is 0 Å². The van der Waals surface area contributed by atoms with Gasteiger partial charge in [-0.25, -0.2) is 15.0 Å². The fourth-order valence-electron chi connectivity index (χ4n) is 3.60. The maximum atomic E-state index is 12.9. The maximum absolute atomic E-state index is 12.9. The van der Waals surface area contributed by atoms with Crippen molar-refractivity contribution < 1.29 is 14.4 Å². The van der Waals surface area contributed by atoms with E-state index in [9.17, 15) is 14.4 Å². The number of benzene rings is 1. The average Bonchev–Trinajstić information content (AvgIpc) is 2.88. The van der Waals surface area contributed by atoms with E-state index in [4.69, 9.17) is 0 Å². The molecule has 1 atom stereocenters. The number of carbonyl (C=O) groups is 3. The molecular formula is C18H24N4O3. The Kier molecular flexibility index (Phi) is 4.92. The molecule has 0 bridgehead atoms. The predicted molar refractivity (Wildman–Crippen MR) is 92.3 cm³/mol. The minimum absolute atomic E-state index is 0.0968. The van der Waals surface area contributed by atoms with Gasteiger partial charge in [-0.2, -0.15) is 5.01 Å². The zero-order valence-electron chi connectivity index (χ0n) is 14.4. The highest BCUT2D eigenvalue weighted by atomic mass is 16.2. The fourth-order valence-corrected chi connectivity index (χ4v) is 3.60. The third-order valence-electron chi connectivity index (χ3n) is 5.04. The van der Waals surface area contributed by atoms with E-state index in [1.165, 1.54) is 6.42 Å². The van der Waals surface area contributed by atoms with Gasteiger partial charge in [0.1, 0.15) is 5.54 Å². The van der Waals surface area contributed by atoms with Crippen LogP contribution >= 0.6 is 0 Å². The van der Waals surface area contributed by atoms with Gasteiger partial charge >= 0.3 is 12.1 Å². The molecule has 3 N–H and O–H groups in total. The molecule has 0 radical (unpaired) electrons. The van der Waals surface area contributed by atoms with Gasteiger partial charge in [-0.05, 0) is 24.8 Å². The second kappa shape index (κ2) is 7.13. The van der Waals surface area contributed by atoms with E-state index in [1.54, 1.807) is 12.1 Å². The molecule has 1 aromatic carbocycles. The van der Waals surface area contributed by atoms with Crippen LogP contribution in [0.5, 0.6) is 0 Å². The molecule has 2 aliphatic rings. The number of imide groups is 1. The van der Waals surface area contributed by atoms with Crippen molar-refractivity contribution in [1.29, 1.82) is 0 Å². The third-order valence-corrected chi connectivity index (χ3v) is 5.04. The molecule has 1 unspecified atom stereocenters. The van der Waals surface area contributed by atoms with Gasteiger partial charge in [0.05, 0.1) is 0 Å². The number of rotatable bonds is 4. The van der Waals surface area contributed by atoms with E-state index in [0.29, 0.717) is 12.0 Å². The van der Waals surface area contributed by atoms with Crippen molar-refractivity contribution in [2.45, 2.75) is 57.0 Å². The lowest BCUT2D eigenvalue weighted by Crippen LogP contribution is -2.53. The zero-order valence-corrected chi connectivity index (χ0v) is 14.4. The van der Waals surface area contributed by atoms with Crippen LogP contribution in [0.3, 0.4) is 0 Å². The van der Waals surface area contributed by atoms with Crippen LogP contribution in [0.1, 0.15) is 51.0 Å². The van der Waals surface area contributed by atoms with Gasteiger partial charge in [-0.1, -0.05) is 56.5 Å². The van der Waals surface area contributed by atoms with E-state index in [1.807, 2.05) is 25.1 Å². The Morgan fingerprint density at radius 3 is 2.52 bits per heavy atom. The van der Waals surface area contributed by atoms with Crippen LogP contribution in [0.25, 0.3) is 0 Å². The van der Waals surface area contributed by atoms with Crippen molar-refractivity contribution in [3.8, 4) is 0 Å². The second-order valence-electron chi connectivity index (χ2n) is 6.62. The number of carbonyl (C=O) groups excluding carboxylic acids is 3. The van der Waals surface area contributed by atoms with Gasteiger partial charge < -0.3 is 10.6 Å². The zero-order chi connectivity index (χ0) is 17.9. The second-order valence-corrected chi connectivity index (χ2v) is 6.62. The molecule has 1 aliphatic heterocycles. The molecule has 1 saturated heterocycles. The molecule has 1 heterocycles. The summed E-state index contributed by atoms with van der Waals surface area (Å²) in [5, 5.41) is 6.37. The summed E-state index contributed by atoms with van der Waals surface area (Å²) < 4.78 is 0. The lowest BCUT2D eigenvalue weighted by molar-refractivity contribution is -0.133. The Balaban J connectivity index is 1.71. The summed E-state index contributed by atoms with van der Waals surface area (Å²) in [6, 6.07) is 8.04. The number of nitrogens with one attached hydrogen (secondary N) is 3. The summed E-state index contributed by atoms with van der Waals surface area (Å²) in [7, 11) is 0. The van der Waals surface area contributed by atoms with Gasteiger partial charge in [0.2, 0.25) is 0 Å². The van der Waals surface area contributed by atoms with Crippen LogP contribution in [0.2, 0.25) is 0 Å². The Bertz CT molecular complexity index is 658. The molecule has 1 aromatic rings. The molecule has 134 valence electrons. The van der Waals surface area contributed by atoms with Crippen molar-refractivity contribution >= 4 is 18.0 Å². The topological polar surface area (TPSA) is 90.5 Å². The quantitative estimate of drug-likeness (QED) is 0.733. The predicted octanol–water partition coefficient (Wildman–Crippen LogP) is 2.39. The van der Waals surface area contributed by atoms with Crippen molar-refractivity contribution in [1.82, 2.24) is 21.1 Å². The Hall–Kier alpha value is -2.57. The highest BCUT2D eigenvalue weighted by Gasteiger charge is 2.52. The summed E-state index contributed by atoms with van der Waals surface area (Å²) in [6.07, 6.45) is 5.60. The highest BCUT2D eigenvalue weighted by Crippen LogP contribution is 2.31. The first-order valence-electron chi connectivity index (χ1n) is 8.86. The van der Waals surface area contributed by atoms with Crippen LogP contribution in [0.4, 0.5) is 9.59 Å². The SMILES string of the molecule is CCC1(c2ccccc2)NC(=O)N(NC(=O)NC2CCCCC2)C1=O. The van der Waals surface area contributed by atoms with Gasteiger partial charge in [0.15, 0.2) is 0 Å². The molecular weight excluding hydrogens is 320 g/mol. The summed E-state index contributed by atoms with van der Waals surface area (Å²) >= 11 is 0. The van der Waals surface area contributed by atoms with E-state index < -0.39 is 23.5 Å². The number of hydrazine groups is 1. The first-order chi connectivity index (χ1) is 12.1. The van der Waals surface area contributed by atoms with Gasteiger partial charge in [0.25, 0.3) is 5.91 Å². The van der Waals surface area contributed by atoms with E-state index in [0.717, 1.165) is 30.7 Å². The van der Waals surface area contributed by atoms with Crippen LogP contribution < -0.4 is 16.1 Å². The lowest BCUT2D eigenvalue weighted by atomic mass is 9.87. The third kappa shape index (κ3) is 3.31. The van der Waals surface area contributed by atoms with E-state index >= 15 is 0 Å². The normalized spacial score (nSPS) is 24.1. The average molecular weight is 344 g/mol. The number of hydrogen-bond acceptors (Lipinski definition) is 3. The minimum atomic E-state index is -1.14. The van der Waals surface area contributed by atoms with Crippen LogP contribution in [-0.2, 0) is 10.3 Å². The van der Waals surface area contributed by atoms with Crippen LogP contribution in [0.15, 0.2) is 30.3 Å². The molecule has 5 amide bonds. The fraction of sp³-hybridized carbons (Fsp3) is 0.500. The van der Waals surface area contributed by atoms with Crippen molar-refractivity contribution in [2.24, 2.45) is 0 Å². The molecule has 3 rings (SSSR count). The summed E-state index contributed by atoms with van der Waals surface area (Å²) in [4.78, 5) is 37.4. The van der Waals surface area contributed by atoms with Crippen molar-refractivity contribution in [3.63, 3.8) is 0 Å². The molecule has 2 fully saturated rings. The summed E-state index contributed by atoms with van der Waals surface area (Å²) in [5.41, 5.74) is 1.97.